The Bertz CT molecular complexity index is 1410. The summed E-state index contributed by atoms with van der Waals surface area (Å²) in [4.78, 5) is 29.8. The van der Waals surface area contributed by atoms with E-state index in [1.54, 1.807) is 43.5 Å². The van der Waals surface area contributed by atoms with Gasteiger partial charge in [0.05, 0.1) is 26.0 Å². The number of rotatable bonds is 7. The lowest BCUT2D eigenvalue weighted by Crippen LogP contribution is -2.25. The van der Waals surface area contributed by atoms with Gasteiger partial charge in [-0.1, -0.05) is 47.6 Å². The second kappa shape index (κ2) is 11.3. The molecule has 38 heavy (non-hydrogen) atoms. The predicted octanol–water partition coefficient (Wildman–Crippen LogP) is 5.54. The van der Waals surface area contributed by atoms with E-state index in [2.05, 4.69) is 10.3 Å². The number of carbonyl (C=O) groups is 2. The smallest absolute Gasteiger partial charge is 0.262 e. The van der Waals surface area contributed by atoms with Crippen molar-refractivity contribution in [1.82, 2.24) is 5.01 Å². The van der Waals surface area contributed by atoms with Crippen LogP contribution in [0.1, 0.15) is 30.0 Å². The SMILES string of the molecule is COc1ccc(NC(=O)CC2SC(N3N=C(c4ccc(Cl)cc4)CC3c3cccc(OC)c3)=NC2=O)cc1. The van der Waals surface area contributed by atoms with Crippen LogP contribution in [-0.4, -0.2) is 47.2 Å². The molecule has 0 bridgehead atoms. The number of nitrogens with zero attached hydrogens (tertiary/aromatic N) is 3. The van der Waals surface area contributed by atoms with Crippen LogP contribution in [0.4, 0.5) is 5.69 Å². The predicted molar refractivity (Wildman–Crippen MR) is 150 cm³/mol. The second-order valence-corrected chi connectivity index (χ2v) is 10.3. The van der Waals surface area contributed by atoms with Crippen LogP contribution >= 0.6 is 23.4 Å². The Morgan fingerprint density at radius 3 is 2.50 bits per heavy atom. The average molecular weight is 549 g/mol. The number of amides is 2. The minimum absolute atomic E-state index is 0.00600. The van der Waals surface area contributed by atoms with Crippen molar-refractivity contribution in [1.29, 1.82) is 0 Å². The fraction of sp³-hybridized carbons (Fsp3) is 0.214. The molecule has 3 aromatic carbocycles. The molecule has 2 unspecified atom stereocenters. The van der Waals surface area contributed by atoms with Gasteiger partial charge in [-0.3, -0.25) is 9.59 Å². The van der Waals surface area contributed by atoms with Gasteiger partial charge in [0.1, 0.15) is 16.7 Å². The molecule has 2 aliphatic heterocycles. The van der Waals surface area contributed by atoms with Crippen molar-refractivity contribution in [2.75, 3.05) is 19.5 Å². The number of thioether (sulfide) groups is 1. The number of hydrazone groups is 1. The molecule has 2 heterocycles. The number of benzene rings is 3. The van der Waals surface area contributed by atoms with Crippen molar-refractivity contribution in [3.05, 3.63) is 88.9 Å². The lowest BCUT2D eigenvalue weighted by atomic mass is 9.98. The number of carbonyl (C=O) groups excluding carboxylic acids is 2. The van der Waals surface area contributed by atoms with Gasteiger partial charge in [0.25, 0.3) is 5.91 Å². The summed E-state index contributed by atoms with van der Waals surface area (Å²) in [6.45, 7) is 0. The van der Waals surface area contributed by atoms with Gasteiger partial charge in [-0.05, 0) is 59.7 Å². The van der Waals surface area contributed by atoms with Crippen LogP contribution in [0, 0.1) is 0 Å². The van der Waals surface area contributed by atoms with Gasteiger partial charge in [0, 0.05) is 23.6 Å². The molecule has 8 nitrogen and oxygen atoms in total. The number of aliphatic imine (C=N–C) groups is 1. The van der Waals surface area contributed by atoms with E-state index in [0.717, 1.165) is 22.6 Å². The summed E-state index contributed by atoms with van der Waals surface area (Å²) < 4.78 is 10.6. The first-order chi connectivity index (χ1) is 18.4. The molecule has 0 radical (unpaired) electrons. The van der Waals surface area contributed by atoms with E-state index in [1.165, 1.54) is 11.8 Å². The maximum Gasteiger partial charge on any atom is 0.262 e. The summed E-state index contributed by atoms with van der Waals surface area (Å²) in [6.07, 6.45) is 0.596. The highest BCUT2D eigenvalue weighted by atomic mass is 35.5. The van der Waals surface area contributed by atoms with Gasteiger partial charge in [-0.25, -0.2) is 5.01 Å². The molecule has 0 aliphatic carbocycles. The standard InChI is InChI=1S/C28H25ClN4O4S/c1-36-21-12-10-20(11-13-21)30-26(34)16-25-27(35)31-28(38-25)33-24(18-4-3-5-22(14-18)37-2)15-23(32-33)17-6-8-19(29)9-7-17/h3-14,24-25H,15-16H2,1-2H3,(H,30,34). The van der Waals surface area contributed by atoms with E-state index >= 15 is 0 Å². The maximum absolute atomic E-state index is 12.8. The van der Waals surface area contributed by atoms with Crippen molar-refractivity contribution < 1.29 is 19.1 Å². The maximum atomic E-state index is 12.8. The topological polar surface area (TPSA) is 92.6 Å². The third-order valence-electron chi connectivity index (χ3n) is 6.24. The van der Waals surface area contributed by atoms with Crippen LogP contribution in [-0.2, 0) is 9.59 Å². The van der Waals surface area contributed by atoms with Crippen LogP contribution in [0.3, 0.4) is 0 Å². The van der Waals surface area contributed by atoms with E-state index < -0.39 is 5.25 Å². The van der Waals surface area contributed by atoms with E-state index in [9.17, 15) is 9.59 Å². The molecular weight excluding hydrogens is 524 g/mol. The molecule has 1 N–H and O–H groups in total. The zero-order valence-corrected chi connectivity index (χ0v) is 22.3. The first-order valence-electron chi connectivity index (χ1n) is 11.9. The van der Waals surface area contributed by atoms with Crippen molar-refractivity contribution in [3.63, 3.8) is 0 Å². The zero-order chi connectivity index (χ0) is 26.6. The molecule has 3 aromatic rings. The number of hydrogen-bond acceptors (Lipinski definition) is 7. The first-order valence-corrected chi connectivity index (χ1v) is 13.2. The summed E-state index contributed by atoms with van der Waals surface area (Å²) in [7, 11) is 3.20. The van der Waals surface area contributed by atoms with Crippen molar-refractivity contribution in [2.45, 2.75) is 24.1 Å². The van der Waals surface area contributed by atoms with Crippen LogP contribution in [0.25, 0.3) is 0 Å². The van der Waals surface area contributed by atoms with Gasteiger partial charge < -0.3 is 14.8 Å². The highest BCUT2D eigenvalue weighted by Gasteiger charge is 2.39. The molecule has 10 heteroatoms. The number of hydrogen-bond donors (Lipinski definition) is 1. The van der Waals surface area contributed by atoms with Crippen LogP contribution in [0.2, 0.25) is 5.02 Å². The molecule has 0 fully saturated rings. The second-order valence-electron chi connectivity index (χ2n) is 8.71. The van der Waals surface area contributed by atoms with Crippen LogP contribution < -0.4 is 14.8 Å². The fourth-order valence-corrected chi connectivity index (χ4v) is 5.46. The van der Waals surface area contributed by atoms with Gasteiger partial charge >= 0.3 is 0 Å². The molecule has 2 atom stereocenters. The first kappa shape index (κ1) is 25.8. The normalized spacial score (nSPS) is 18.7. The van der Waals surface area contributed by atoms with E-state index in [0.29, 0.717) is 28.0 Å². The number of methoxy groups -OCH3 is 2. The highest BCUT2D eigenvalue weighted by Crippen LogP contribution is 2.39. The third-order valence-corrected chi connectivity index (χ3v) is 7.63. The fourth-order valence-electron chi connectivity index (χ4n) is 4.27. The van der Waals surface area contributed by atoms with Crippen LogP contribution in [0.15, 0.2) is 82.9 Å². The molecular formula is C28H25ClN4O4S. The molecule has 0 saturated carbocycles. The number of amidine groups is 1. The van der Waals surface area contributed by atoms with Crippen molar-refractivity contribution >= 4 is 51.7 Å². The number of anilines is 1. The molecule has 0 aromatic heterocycles. The monoisotopic (exact) mass is 548 g/mol. The Labute approximate surface area is 229 Å². The van der Waals surface area contributed by atoms with Crippen LogP contribution in [0.5, 0.6) is 11.5 Å². The lowest BCUT2D eigenvalue weighted by Gasteiger charge is -2.23. The lowest BCUT2D eigenvalue weighted by molar-refractivity contribution is -0.121. The summed E-state index contributed by atoms with van der Waals surface area (Å²) >= 11 is 7.34. The highest BCUT2D eigenvalue weighted by molar-refractivity contribution is 8.15. The Kier molecular flexibility index (Phi) is 7.67. The van der Waals surface area contributed by atoms with Crippen molar-refractivity contribution in [3.8, 4) is 11.5 Å². The Hall–Kier alpha value is -3.82. The average Bonchev–Trinajstić information content (AvgIpc) is 3.53. The minimum atomic E-state index is -0.635. The Morgan fingerprint density at radius 1 is 1.05 bits per heavy atom. The van der Waals surface area contributed by atoms with E-state index in [4.69, 9.17) is 26.2 Å². The Morgan fingerprint density at radius 2 is 1.79 bits per heavy atom. The number of halogens is 1. The molecule has 5 rings (SSSR count). The quantitative estimate of drug-likeness (QED) is 0.417. The molecule has 194 valence electrons. The summed E-state index contributed by atoms with van der Waals surface area (Å²) in [6, 6.07) is 22.1. The van der Waals surface area contributed by atoms with Gasteiger partial charge in [0.15, 0.2) is 5.17 Å². The molecule has 0 saturated heterocycles. The molecule has 2 aliphatic rings. The van der Waals surface area contributed by atoms with Gasteiger partial charge in [-0.2, -0.15) is 10.1 Å². The van der Waals surface area contributed by atoms with Gasteiger partial charge in [-0.15, -0.1) is 0 Å². The largest absolute Gasteiger partial charge is 0.497 e. The zero-order valence-electron chi connectivity index (χ0n) is 20.8. The van der Waals surface area contributed by atoms with Gasteiger partial charge in [0.2, 0.25) is 5.91 Å². The van der Waals surface area contributed by atoms with E-state index in [1.807, 2.05) is 48.5 Å². The van der Waals surface area contributed by atoms with E-state index in [-0.39, 0.29) is 24.3 Å². The third kappa shape index (κ3) is 5.69. The van der Waals surface area contributed by atoms with Crippen molar-refractivity contribution in [2.24, 2.45) is 10.1 Å². The number of nitrogens with one attached hydrogen (secondary N) is 1. The number of ether oxygens (including phenoxy) is 2. The summed E-state index contributed by atoms with van der Waals surface area (Å²) in [5.41, 5.74) is 3.40. The molecule has 0 spiro atoms. The Balaban J connectivity index is 1.34. The minimum Gasteiger partial charge on any atom is -0.497 e. The molecule has 2 amide bonds. The summed E-state index contributed by atoms with van der Waals surface area (Å²) in [5, 5.41) is 9.95. The summed E-state index contributed by atoms with van der Waals surface area (Å²) in [5.74, 6) is 0.799.